The van der Waals surface area contributed by atoms with Gasteiger partial charge in [0.15, 0.2) is 0 Å². The summed E-state index contributed by atoms with van der Waals surface area (Å²) in [4.78, 5) is 8.50. The van der Waals surface area contributed by atoms with Crippen LogP contribution in [0.3, 0.4) is 0 Å². The quantitative estimate of drug-likeness (QED) is 0.890. The maximum absolute atomic E-state index is 6.09. The Bertz CT molecular complexity index is 549. The number of rotatable bonds is 6. The molecule has 0 unspecified atom stereocenters. The third-order valence-electron chi connectivity index (χ3n) is 3.26. The van der Waals surface area contributed by atoms with Crippen LogP contribution >= 0.6 is 11.3 Å². The van der Waals surface area contributed by atoms with E-state index in [0.29, 0.717) is 6.61 Å². The molecule has 2 N–H and O–H groups in total. The van der Waals surface area contributed by atoms with Crippen LogP contribution in [-0.4, -0.2) is 22.6 Å². The van der Waals surface area contributed by atoms with Gasteiger partial charge in [0, 0.05) is 30.2 Å². The first-order chi connectivity index (χ1) is 9.95. The van der Waals surface area contributed by atoms with Crippen molar-refractivity contribution in [3.05, 3.63) is 40.6 Å². The van der Waals surface area contributed by atoms with Crippen molar-refractivity contribution in [2.24, 2.45) is 5.73 Å². The highest BCUT2D eigenvalue weighted by atomic mass is 32.1. The van der Waals surface area contributed by atoms with Crippen molar-refractivity contribution in [1.82, 2.24) is 9.97 Å². The molecule has 0 aliphatic heterocycles. The molecule has 0 amide bonds. The Morgan fingerprint density at radius 3 is 2.81 bits per heavy atom. The highest BCUT2D eigenvalue weighted by Crippen LogP contribution is 2.24. The zero-order chi connectivity index (χ0) is 15.3. The minimum absolute atomic E-state index is 0.00666. The summed E-state index contributed by atoms with van der Waals surface area (Å²) in [5.74, 6) is 0.784. The summed E-state index contributed by atoms with van der Waals surface area (Å²) >= 11 is 1.67. The Morgan fingerprint density at radius 1 is 1.33 bits per heavy atom. The predicted octanol–water partition coefficient (Wildman–Crippen LogP) is 3.17. The van der Waals surface area contributed by atoms with E-state index in [4.69, 9.17) is 10.5 Å². The fourth-order valence-corrected chi connectivity index (χ4v) is 2.52. The van der Waals surface area contributed by atoms with Gasteiger partial charge < -0.3 is 10.5 Å². The lowest BCUT2D eigenvalue weighted by molar-refractivity contribution is 0.280. The lowest BCUT2D eigenvalue weighted by atomic mass is 9.88. The minimum atomic E-state index is 0.00666. The SMILES string of the molecule is CC(C)(C)c1cncc(OC[C@H](N)CCc2nccs2)c1. The average molecular weight is 305 g/mol. The van der Waals surface area contributed by atoms with Crippen molar-refractivity contribution < 1.29 is 4.74 Å². The number of pyridine rings is 1. The third-order valence-corrected chi connectivity index (χ3v) is 4.10. The maximum atomic E-state index is 6.09. The van der Waals surface area contributed by atoms with Gasteiger partial charge in [-0.25, -0.2) is 4.98 Å². The second-order valence-corrected chi connectivity index (χ2v) is 7.17. The molecule has 114 valence electrons. The molecule has 1 atom stereocenters. The van der Waals surface area contributed by atoms with Crippen LogP contribution in [0.5, 0.6) is 5.75 Å². The van der Waals surface area contributed by atoms with Crippen molar-refractivity contribution in [3.8, 4) is 5.75 Å². The van der Waals surface area contributed by atoms with Crippen molar-refractivity contribution in [1.29, 1.82) is 0 Å². The molecule has 0 saturated heterocycles. The number of aryl methyl sites for hydroxylation is 1. The van der Waals surface area contributed by atoms with Gasteiger partial charge in [-0.2, -0.15) is 0 Å². The highest BCUT2D eigenvalue weighted by Gasteiger charge is 2.15. The van der Waals surface area contributed by atoms with Gasteiger partial charge in [-0.3, -0.25) is 4.98 Å². The number of nitrogens with zero attached hydrogens (tertiary/aromatic N) is 2. The standard InChI is InChI=1S/C16H23N3OS/c1-16(2,3)12-8-14(10-18-9-12)20-11-13(17)4-5-15-19-6-7-21-15/h6-10,13H,4-5,11,17H2,1-3H3/t13-/m1/s1. The molecular formula is C16H23N3OS. The van der Waals surface area contributed by atoms with E-state index >= 15 is 0 Å². The molecule has 0 aliphatic rings. The number of hydrogen-bond acceptors (Lipinski definition) is 5. The molecule has 2 aromatic rings. The summed E-state index contributed by atoms with van der Waals surface area (Å²) < 4.78 is 5.77. The van der Waals surface area contributed by atoms with Gasteiger partial charge in [0.1, 0.15) is 12.4 Å². The van der Waals surface area contributed by atoms with Gasteiger partial charge >= 0.3 is 0 Å². The largest absolute Gasteiger partial charge is 0.490 e. The van der Waals surface area contributed by atoms with E-state index in [0.717, 1.165) is 29.2 Å². The van der Waals surface area contributed by atoms with Crippen LogP contribution in [0, 0.1) is 0 Å². The van der Waals surface area contributed by atoms with Crippen LogP contribution in [0.25, 0.3) is 0 Å². The van der Waals surface area contributed by atoms with Gasteiger partial charge in [-0.05, 0) is 23.5 Å². The molecule has 21 heavy (non-hydrogen) atoms. The second-order valence-electron chi connectivity index (χ2n) is 6.19. The molecule has 0 bridgehead atoms. The highest BCUT2D eigenvalue weighted by molar-refractivity contribution is 7.09. The topological polar surface area (TPSA) is 61.0 Å². The first kappa shape index (κ1) is 15.9. The molecule has 0 spiro atoms. The van der Waals surface area contributed by atoms with Crippen LogP contribution in [-0.2, 0) is 11.8 Å². The molecule has 0 aliphatic carbocycles. The molecule has 2 aromatic heterocycles. The summed E-state index contributed by atoms with van der Waals surface area (Å²) in [5, 5.41) is 3.11. The van der Waals surface area contributed by atoms with Crippen LogP contribution in [0.15, 0.2) is 30.0 Å². The maximum Gasteiger partial charge on any atom is 0.137 e. The van der Waals surface area contributed by atoms with E-state index in [-0.39, 0.29) is 11.5 Å². The van der Waals surface area contributed by atoms with E-state index in [1.165, 1.54) is 0 Å². The summed E-state index contributed by atoms with van der Waals surface area (Å²) in [6, 6.07) is 2.05. The van der Waals surface area contributed by atoms with Crippen LogP contribution in [0.4, 0.5) is 0 Å². The van der Waals surface area contributed by atoms with Crippen molar-refractivity contribution in [2.45, 2.75) is 45.1 Å². The zero-order valence-electron chi connectivity index (χ0n) is 12.9. The van der Waals surface area contributed by atoms with Crippen molar-refractivity contribution in [2.75, 3.05) is 6.61 Å². The second kappa shape index (κ2) is 7.00. The van der Waals surface area contributed by atoms with Crippen LogP contribution in [0.2, 0.25) is 0 Å². The molecular weight excluding hydrogens is 282 g/mol. The molecule has 0 saturated carbocycles. The number of nitrogens with two attached hydrogens (primary N) is 1. The summed E-state index contributed by atoms with van der Waals surface area (Å²) in [5.41, 5.74) is 7.33. The van der Waals surface area contributed by atoms with E-state index in [9.17, 15) is 0 Å². The summed E-state index contributed by atoms with van der Waals surface area (Å²) in [7, 11) is 0. The monoisotopic (exact) mass is 305 g/mol. The molecule has 0 fully saturated rings. The van der Waals surface area contributed by atoms with Gasteiger partial charge in [0.25, 0.3) is 0 Å². The Hall–Kier alpha value is -1.46. The molecule has 0 aromatic carbocycles. The summed E-state index contributed by atoms with van der Waals surface area (Å²) in [6.07, 6.45) is 7.23. The van der Waals surface area contributed by atoms with Crippen LogP contribution < -0.4 is 10.5 Å². The fraction of sp³-hybridized carbons (Fsp3) is 0.500. The van der Waals surface area contributed by atoms with Gasteiger partial charge in [0.05, 0.1) is 11.2 Å². The number of hydrogen-bond donors (Lipinski definition) is 1. The number of thiazole rings is 1. The normalized spacial score (nSPS) is 13.1. The Morgan fingerprint density at radius 2 is 2.14 bits per heavy atom. The smallest absolute Gasteiger partial charge is 0.137 e. The molecule has 0 radical (unpaired) electrons. The number of aromatic nitrogens is 2. The first-order valence-corrected chi connectivity index (χ1v) is 8.05. The molecule has 5 heteroatoms. The Kier molecular flexibility index (Phi) is 5.31. The van der Waals surface area contributed by atoms with Gasteiger partial charge in [-0.1, -0.05) is 20.8 Å². The van der Waals surface area contributed by atoms with E-state index in [2.05, 4.69) is 30.7 Å². The molecule has 2 heterocycles. The molecule has 4 nitrogen and oxygen atoms in total. The van der Waals surface area contributed by atoms with E-state index < -0.39 is 0 Å². The third kappa shape index (κ3) is 5.10. The first-order valence-electron chi connectivity index (χ1n) is 7.17. The van der Waals surface area contributed by atoms with Crippen molar-refractivity contribution in [3.63, 3.8) is 0 Å². The summed E-state index contributed by atoms with van der Waals surface area (Å²) in [6.45, 7) is 6.98. The lowest BCUT2D eigenvalue weighted by Gasteiger charge is -2.19. The zero-order valence-corrected chi connectivity index (χ0v) is 13.7. The Labute approximate surface area is 130 Å². The minimum Gasteiger partial charge on any atom is -0.490 e. The van der Waals surface area contributed by atoms with Crippen LogP contribution in [0.1, 0.15) is 37.8 Å². The molecule has 2 rings (SSSR count). The fourth-order valence-electron chi connectivity index (χ4n) is 1.88. The number of ether oxygens (including phenoxy) is 1. The Balaban J connectivity index is 1.82. The average Bonchev–Trinajstić information content (AvgIpc) is 2.95. The van der Waals surface area contributed by atoms with Crippen molar-refractivity contribution >= 4 is 11.3 Å². The predicted molar refractivity (Wildman–Crippen MR) is 86.8 cm³/mol. The lowest BCUT2D eigenvalue weighted by Crippen LogP contribution is -2.28. The van der Waals surface area contributed by atoms with E-state index in [1.54, 1.807) is 17.5 Å². The van der Waals surface area contributed by atoms with Gasteiger partial charge in [0.2, 0.25) is 0 Å². The van der Waals surface area contributed by atoms with Gasteiger partial charge in [-0.15, -0.1) is 11.3 Å². The van der Waals surface area contributed by atoms with E-state index in [1.807, 2.05) is 23.8 Å².